The van der Waals surface area contributed by atoms with Crippen molar-refractivity contribution in [3.8, 4) is 0 Å². The summed E-state index contributed by atoms with van der Waals surface area (Å²) in [6.45, 7) is 3.42. The van der Waals surface area contributed by atoms with Crippen LogP contribution in [0.5, 0.6) is 0 Å². The highest BCUT2D eigenvalue weighted by Gasteiger charge is 2.26. The Morgan fingerprint density at radius 2 is 1.74 bits per heavy atom. The highest BCUT2D eigenvalue weighted by Crippen LogP contribution is 2.28. The lowest BCUT2D eigenvalue weighted by molar-refractivity contribution is -0.144. The molecule has 0 aromatic heterocycles. The summed E-state index contributed by atoms with van der Waals surface area (Å²) in [5, 5.41) is 8.93. The molecule has 1 amide bonds. The van der Waals surface area contributed by atoms with Gasteiger partial charge in [-0.2, -0.15) is 0 Å². The molecule has 4 heteroatoms. The Morgan fingerprint density at radius 1 is 1.16 bits per heavy atom. The van der Waals surface area contributed by atoms with Gasteiger partial charge < -0.3 is 10.0 Å². The van der Waals surface area contributed by atoms with E-state index in [-0.39, 0.29) is 11.8 Å². The van der Waals surface area contributed by atoms with E-state index < -0.39 is 5.97 Å². The summed E-state index contributed by atoms with van der Waals surface area (Å²) in [5.74, 6) is -0.147. The van der Waals surface area contributed by atoms with Crippen LogP contribution in [-0.4, -0.2) is 35.0 Å². The van der Waals surface area contributed by atoms with Crippen molar-refractivity contribution in [2.75, 3.05) is 13.1 Å². The SMILES string of the molecule is CC1CCC(=CC(=O)N2CCC(C(=O)O)CC2)CC1. The minimum atomic E-state index is -0.730. The number of allylic oxidation sites excluding steroid dienone is 1. The summed E-state index contributed by atoms with van der Waals surface area (Å²) in [5.41, 5.74) is 1.27. The van der Waals surface area contributed by atoms with Crippen molar-refractivity contribution < 1.29 is 14.7 Å². The number of hydrogen-bond acceptors (Lipinski definition) is 2. The third-order valence-electron chi connectivity index (χ3n) is 4.40. The van der Waals surface area contributed by atoms with E-state index in [0.29, 0.717) is 25.9 Å². The Kier molecular flexibility index (Phi) is 4.61. The number of hydrogen-bond donors (Lipinski definition) is 1. The topological polar surface area (TPSA) is 57.6 Å². The van der Waals surface area contributed by atoms with Crippen molar-refractivity contribution in [3.63, 3.8) is 0 Å². The molecule has 1 heterocycles. The highest BCUT2D eigenvalue weighted by molar-refractivity contribution is 5.88. The molecule has 1 aliphatic heterocycles. The summed E-state index contributed by atoms with van der Waals surface area (Å²) in [6, 6.07) is 0. The molecule has 4 nitrogen and oxygen atoms in total. The molecule has 2 fully saturated rings. The predicted octanol–water partition coefficient (Wildman–Crippen LogP) is 2.45. The minimum Gasteiger partial charge on any atom is -0.481 e. The molecule has 2 aliphatic rings. The van der Waals surface area contributed by atoms with Crippen LogP contribution in [0.1, 0.15) is 45.4 Å². The Morgan fingerprint density at radius 3 is 2.26 bits per heavy atom. The van der Waals surface area contributed by atoms with E-state index in [2.05, 4.69) is 6.92 Å². The molecule has 106 valence electrons. The first-order chi connectivity index (χ1) is 9.06. The number of carboxylic acids is 1. The van der Waals surface area contributed by atoms with Gasteiger partial charge in [-0.05, 0) is 44.4 Å². The minimum absolute atomic E-state index is 0.0772. The number of amides is 1. The second-order valence-electron chi connectivity index (χ2n) is 5.92. The summed E-state index contributed by atoms with van der Waals surface area (Å²) < 4.78 is 0. The predicted molar refractivity (Wildman–Crippen MR) is 72.7 cm³/mol. The lowest BCUT2D eigenvalue weighted by atomic mass is 9.87. The summed E-state index contributed by atoms with van der Waals surface area (Å²) in [4.78, 5) is 24.8. The van der Waals surface area contributed by atoms with Crippen molar-refractivity contribution in [3.05, 3.63) is 11.6 Å². The van der Waals surface area contributed by atoms with Gasteiger partial charge in [0.15, 0.2) is 0 Å². The van der Waals surface area contributed by atoms with Crippen LogP contribution in [0.15, 0.2) is 11.6 Å². The van der Waals surface area contributed by atoms with Crippen molar-refractivity contribution in [2.45, 2.75) is 45.4 Å². The Balaban J connectivity index is 1.84. The molecule has 0 aromatic carbocycles. The number of piperidine rings is 1. The fourth-order valence-electron chi connectivity index (χ4n) is 2.89. The number of carboxylic acid groups (broad SMARTS) is 1. The quantitative estimate of drug-likeness (QED) is 0.780. The number of carbonyl (C=O) groups excluding carboxylic acids is 1. The average molecular weight is 265 g/mol. The van der Waals surface area contributed by atoms with Crippen LogP contribution in [-0.2, 0) is 9.59 Å². The second kappa shape index (κ2) is 6.22. The highest BCUT2D eigenvalue weighted by atomic mass is 16.4. The van der Waals surface area contributed by atoms with Crippen LogP contribution in [0.3, 0.4) is 0 Å². The summed E-state index contributed by atoms with van der Waals surface area (Å²) in [6.07, 6.45) is 7.41. The Hall–Kier alpha value is -1.32. The van der Waals surface area contributed by atoms with Gasteiger partial charge in [-0.1, -0.05) is 12.5 Å². The maximum Gasteiger partial charge on any atom is 0.306 e. The summed E-state index contributed by atoms with van der Waals surface area (Å²) >= 11 is 0. The lowest BCUT2D eigenvalue weighted by Crippen LogP contribution is -2.39. The fraction of sp³-hybridized carbons (Fsp3) is 0.733. The van der Waals surface area contributed by atoms with Crippen LogP contribution in [0.2, 0.25) is 0 Å². The van der Waals surface area contributed by atoms with Gasteiger partial charge in [0.1, 0.15) is 0 Å². The molecule has 0 aromatic rings. The molecular formula is C15H23NO3. The van der Waals surface area contributed by atoms with Crippen molar-refractivity contribution >= 4 is 11.9 Å². The van der Waals surface area contributed by atoms with E-state index in [9.17, 15) is 9.59 Å². The molecule has 0 atom stereocenters. The van der Waals surface area contributed by atoms with Crippen LogP contribution < -0.4 is 0 Å². The largest absolute Gasteiger partial charge is 0.481 e. The second-order valence-corrected chi connectivity index (χ2v) is 5.92. The number of likely N-dealkylation sites (tertiary alicyclic amines) is 1. The average Bonchev–Trinajstić information content (AvgIpc) is 2.41. The van der Waals surface area contributed by atoms with Gasteiger partial charge in [0.2, 0.25) is 5.91 Å². The number of nitrogens with zero attached hydrogens (tertiary/aromatic N) is 1. The van der Waals surface area contributed by atoms with Gasteiger partial charge in [0.25, 0.3) is 0 Å². The normalized spacial score (nSPS) is 25.2. The van der Waals surface area contributed by atoms with Gasteiger partial charge in [-0.3, -0.25) is 9.59 Å². The van der Waals surface area contributed by atoms with Gasteiger partial charge in [-0.25, -0.2) is 0 Å². The fourth-order valence-corrected chi connectivity index (χ4v) is 2.89. The monoisotopic (exact) mass is 265 g/mol. The number of aliphatic carboxylic acids is 1. The number of rotatable bonds is 2. The molecule has 1 saturated carbocycles. The maximum absolute atomic E-state index is 12.1. The summed E-state index contributed by atoms with van der Waals surface area (Å²) in [7, 11) is 0. The van der Waals surface area contributed by atoms with E-state index in [4.69, 9.17) is 5.11 Å². The van der Waals surface area contributed by atoms with Crippen LogP contribution >= 0.6 is 0 Å². The van der Waals surface area contributed by atoms with E-state index in [0.717, 1.165) is 18.8 Å². The molecule has 0 unspecified atom stereocenters. The molecule has 2 rings (SSSR count). The third-order valence-corrected chi connectivity index (χ3v) is 4.40. The zero-order chi connectivity index (χ0) is 13.8. The molecule has 0 spiro atoms. The first-order valence-electron chi connectivity index (χ1n) is 7.27. The van der Waals surface area contributed by atoms with Crippen molar-refractivity contribution in [1.29, 1.82) is 0 Å². The van der Waals surface area contributed by atoms with Gasteiger partial charge in [0, 0.05) is 19.2 Å². The zero-order valence-corrected chi connectivity index (χ0v) is 11.6. The van der Waals surface area contributed by atoms with Gasteiger partial charge >= 0.3 is 5.97 Å². The Labute approximate surface area is 114 Å². The standard InChI is InChI=1S/C15H23NO3/c1-11-2-4-12(5-3-11)10-14(17)16-8-6-13(7-9-16)15(18)19/h10-11,13H,2-9H2,1H3,(H,18,19). The van der Waals surface area contributed by atoms with E-state index in [1.807, 2.05) is 0 Å². The molecule has 1 N–H and O–H groups in total. The molecule has 1 aliphatic carbocycles. The van der Waals surface area contributed by atoms with Gasteiger partial charge in [0.05, 0.1) is 5.92 Å². The van der Waals surface area contributed by atoms with Crippen LogP contribution in [0.25, 0.3) is 0 Å². The molecule has 19 heavy (non-hydrogen) atoms. The van der Waals surface area contributed by atoms with Crippen molar-refractivity contribution in [1.82, 2.24) is 4.90 Å². The van der Waals surface area contributed by atoms with Crippen molar-refractivity contribution in [2.24, 2.45) is 11.8 Å². The van der Waals surface area contributed by atoms with Crippen LogP contribution in [0, 0.1) is 11.8 Å². The van der Waals surface area contributed by atoms with E-state index in [1.54, 1.807) is 11.0 Å². The van der Waals surface area contributed by atoms with Gasteiger partial charge in [-0.15, -0.1) is 0 Å². The maximum atomic E-state index is 12.1. The third kappa shape index (κ3) is 3.82. The van der Waals surface area contributed by atoms with E-state index in [1.165, 1.54) is 18.4 Å². The molecule has 0 radical (unpaired) electrons. The lowest BCUT2D eigenvalue weighted by Gasteiger charge is -2.30. The van der Waals surface area contributed by atoms with Crippen LogP contribution in [0.4, 0.5) is 0 Å². The first kappa shape index (κ1) is 14.1. The first-order valence-corrected chi connectivity index (χ1v) is 7.27. The molecule has 1 saturated heterocycles. The van der Waals surface area contributed by atoms with E-state index >= 15 is 0 Å². The number of carbonyl (C=O) groups is 2. The molecular weight excluding hydrogens is 242 g/mol. The Bertz CT molecular complexity index is 371. The zero-order valence-electron chi connectivity index (χ0n) is 11.6. The molecule has 0 bridgehead atoms. The smallest absolute Gasteiger partial charge is 0.306 e.